The summed E-state index contributed by atoms with van der Waals surface area (Å²) < 4.78 is 5.21. The van der Waals surface area contributed by atoms with Crippen molar-refractivity contribution in [3.05, 3.63) is 102 Å². The van der Waals surface area contributed by atoms with Gasteiger partial charge < -0.3 is 15.0 Å². The van der Waals surface area contributed by atoms with Crippen LogP contribution in [0, 0.1) is 0 Å². The molecule has 3 aromatic carbocycles. The highest BCUT2D eigenvalue weighted by Crippen LogP contribution is 2.27. The molecule has 0 aromatic heterocycles. The Hall–Kier alpha value is -3.93. The Morgan fingerprint density at radius 3 is 2.21 bits per heavy atom. The summed E-state index contributed by atoms with van der Waals surface area (Å²) in [5.41, 5.74) is 3.36. The predicted molar refractivity (Wildman–Crippen MR) is 131 cm³/mol. The number of esters is 1. The van der Waals surface area contributed by atoms with E-state index in [0.29, 0.717) is 30.8 Å². The van der Waals surface area contributed by atoms with E-state index < -0.39 is 5.97 Å². The average molecular weight is 457 g/mol. The van der Waals surface area contributed by atoms with E-state index in [9.17, 15) is 14.4 Å². The lowest BCUT2D eigenvalue weighted by Crippen LogP contribution is -2.30. The second-order valence-corrected chi connectivity index (χ2v) is 8.29. The number of hydrogen-bond donors (Lipinski definition) is 1. The molecular weight excluding hydrogens is 428 g/mol. The molecule has 0 saturated carbocycles. The van der Waals surface area contributed by atoms with Gasteiger partial charge in [-0.15, -0.1) is 0 Å². The molecule has 0 bridgehead atoms. The van der Waals surface area contributed by atoms with E-state index in [1.807, 2.05) is 36.4 Å². The van der Waals surface area contributed by atoms with Crippen LogP contribution >= 0.6 is 0 Å². The van der Waals surface area contributed by atoms with Gasteiger partial charge in [0.05, 0.1) is 5.56 Å². The maximum atomic E-state index is 12.4. The Morgan fingerprint density at radius 2 is 1.59 bits per heavy atom. The van der Waals surface area contributed by atoms with Crippen molar-refractivity contribution < 1.29 is 19.1 Å². The van der Waals surface area contributed by atoms with Gasteiger partial charge in [-0.05, 0) is 42.2 Å². The number of benzene rings is 3. The zero-order valence-corrected chi connectivity index (χ0v) is 19.0. The van der Waals surface area contributed by atoms with Gasteiger partial charge in [-0.2, -0.15) is 0 Å². The first kappa shape index (κ1) is 23.2. The molecule has 0 aliphatic carbocycles. The lowest BCUT2D eigenvalue weighted by molar-refractivity contribution is -0.124. The van der Waals surface area contributed by atoms with Gasteiger partial charge in [-0.1, -0.05) is 66.7 Å². The molecule has 0 radical (unpaired) electrons. The minimum Gasteiger partial charge on any atom is -0.452 e. The summed E-state index contributed by atoms with van der Waals surface area (Å²) in [5, 5.41) is 2.85. The zero-order valence-electron chi connectivity index (χ0n) is 19.0. The molecule has 2 amide bonds. The summed E-state index contributed by atoms with van der Waals surface area (Å²) in [5.74, 6) is -0.732. The van der Waals surface area contributed by atoms with Crippen LogP contribution in [0.2, 0.25) is 0 Å². The van der Waals surface area contributed by atoms with Crippen LogP contribution < -0.4 is 10.2 Å². The summed E-state index contributed by atoms with van der Waals surface area (Å²) >= 11 is 0. The van der Waals surface area contributed by atoms with Crippen LogP contribution in [-0.4, -0.2) is 37.5 Å². The zero-order chi connectivity index (χ0) is 23.8. The van der Waals surface area contributed by atoms with Crippen molar-refractivity contribution in [3.8, 4) is 0 Å². The number of hydrogen-bond acceptors (Lipinski definition) is 4. The lowest BCUT2D eigenvalue weighted by atomic mass is 9.88. The highest BCUT2D eigenvalue weighted by atomic mass is 16.5. The first-order valence-electron chi connectivity index (χ1n) is 11.6. The van der Waals surface area contributed by atoms with Crippen LogP contribution in [0.15, 0.2) is 84.9 Å². The van der Waals surface area contributed by atoms with Crippen LogP contribution in [0.5, 0.6) is 0 Å². The van der Waals surface area contributed by atoms with E-state index in [4.69, 9.17) is 4.74 Å². The molecule has 6 heteroatoms. The van der Waals surface area contributed by atoms with Gasteiger partial charge in [0, 0.05) is 31.1 Å². The van der Waals surface area contributed by atoms with Crippen molar-refractivity contribution in [2.75, 3.05) is 24.6 Å². The number of carbonyl (C=O) groups is 3. The van der Waals surface area contributed by atoms with E-state index >= 15 is 0 Å². The van der Waals surface area contributed by atoms with Crippen LogP contribution in [0.1, 0.15) is 46.7 Å². The second-order valence-electron chi connectivity index (χ2n) is 8.29. The summed E-state index contributed by atoms with van der Waals surface area (Å²) in [6.45, 7) is 0.747. The summed E-state index contributed by atoms with van der Waals surface area (Å²) in [6, 6.07) is 27.1. The molecule has 3 aromatic rings. The van der Waals surface area contributed by atoms with Gasteiger partial charge in [0.2, 0.25) is 5.91 Å². The molecule has 174 valence electrons. The molecule has 34 heavy (non-hydrogen) atoms. The third-order valence-corrected chi connectivity index (χ3v) is 5.96. The van der Waals surface area contributed by atoms with Crippen LogP contribution in [0.4, 0.5) is 5.69 Å². The number of amides is 2. The van der Waals surface area contributed by atoms with E-state index in [1.54, 1.807) is 29.2 Å². The van der Waals surface area contributed by atoms with E-state index in [0.717, 1.165) is 12.8 Å². The van der Waals surface area contributed by atoms with Crippen LogP contribution in [0.3, 0.4) is 0 Å². The minimum atomic E-state index is -0.588. The fraction of sp³-hybridized carbons (Fsp3) is 0.250. The first-order valence-corrected chi connectivity index (χ1v) is 11.6. The summed E-state index contributed by atoms with van der Waals surface area (Å²) in [4.78, 5) is 38.4. The largest absolute Gasteiger partial charge is 0.452 e. The first-order chi connectivity index (χ1) is 16.6. The van der Waals surface area contributed by atoms with Gasteiger partial charge >= 0.3 is 5.97 Å². The number of ether oxygens (including phenoxy) is 1. The van der Waals surface area contributed by atoms with E-state index in [2.05, 4.69) is 29.6 Å². The smallest absolute Gasteiger partial charge is 0.338 e. The monoisotopic (exact) mass is 456 g/mol. The highest BCUT2D eigenvalue weighted by Gasteiger charge is 2.22. The third-order valence-electron chi connectivity index (χ3n) is 5.96. The molecule has 1 N–H and O–H groups in total. The van der Waals surface area contributed by atoms with Crippen molar-refractivity contribution in [2.45, 2.75) is 25.2 Å². The fourth-order valence-electron chi connectivity index (χ4n) is 4.24. The normalized spacial score (nSPS) is 13.2. The van der Waals surface area contributed by atoms with Crippen molar-refractivity contribution in [2.24, 2.45) is 0 Å². The quantitative estimate of drug-likeness (QED) is 0.487. The molecule has 4 rings (SSSR count). The Morgan fingerprint density at radius 1 is 0.912 bits per heavy atom. The Labute approximate surface area is 199 Å². The standard InChI is InChI=1S/C28H28N2O4/c31-26(20-34-28(33)23-13-7-14-24(19-23)30-18-8-15-27(30)32)29-17-16-25(21-9-3-1-4-10-21)22-11-5-2-6-12-22/h1-7,9-14,19,25H,8,15-18,20H2,(H,29,31). The van der Waals surface area contributed by atoms with Crippen LogP contribution in [0.25, 0.3) is 0 Å². The lowest BCUT2D eigenvalue weighted by Gasteiger charge is -2.18. The van der Waals surface area contributed by atoms with Crippen LogP contribution in [-0.2, 0) is 14.3 Å². The van der Waals surface area contributed by atoms with Crippen molar-refractivity contribution in [1.29, 1.82) is 0 Å². The number of rotatable bonds is 9. The highest BCUT2D eigenvalue weighted by molar-refractivity contribution is 5.97. The molecule has 0 unspecified atom stereocenters. The van der Waals surface area contributed by atoms with E-state index in [1.165, 1.54) is 11.1 Å². The molecule has 1 fully saturated rings. The molecule has 6 nitrogen and oxygen atoms in total. The molecule has 0 atom stereocenters. The van der Waals surface area contributed by atoms with Crippen molar-refractivity contribution >= 4 is 23.5 Å². The van der Waals surface area contributed by atoms with Gasteiger partial charge in [0.25, 0.3) is 5.91 Å². The number of anilines is 1. The van der Waals surface area contributed by atoms with E-state index in [-0.39, 0.29) is 24.3 Å². The minimum absolute atomic E-state index is 0.0502. The molecule has 1 aliphatic rings. The molecule has 1 saturated heterocycles. The van der Waals surface area contributed by atoms with Gasteiger partial charge in [-0.25, -0.2) is 4.79 Å². The summed E-state index contributed by atoms with van der Waals surface area (Å²) in [7, 11) is 0. The maximum absolute atomic E-state index is 12.4. The maximum Gasteiger partial charge on any atom is 0.338 e. The number of nitrogens with one attached hydrogen (secondary N) is 1. The van der Waals surface area contributed by atoms with Crippen molar-refractivity contribution in [1.82, 2.24) is 5.32 Å². The topological polar surface area (TPSA) is 75.7 Å². The van der Waals surface area contributed by atoms with Gasteiger partial charge in [0.1, 0.15) is 0 Å². The SMILES string of the molecule is O=C(COC(=O)c1cccc(N2CCCC2=O)c1)NCCC(c1ccccc1)c1ccccc1. The molecule has 1 heterocycles. The number of carbonyl (C=O) groups excluding carboxylic acids is 3. The predicted octanol–water partition coefficient (Wildman–Crippen LogP) is 4.31. The molecular formula is C28H28N2O4. The third kappa shape index (κ3) is 5.90. The Kier molecular flexibility index (Phi) is 7.71. The molecule has 1 aliphatic heterocycles. The Balaban J connectivity index is 1.28. The van der Waals surface area contributed by atoms with Gasteiger partial charge in [-0.3, -0.25) is 9.59 Å². The number of nitrogens with zero attached hydrogens (tertiary/aromatic N) is 1. The van der Waals surface area contributed by atoms with Crippen molar-refractivity contribution in [3.63, 3.8) is 0 Å². The van der Waals surface area contributed by atoms with Gasteiger partial charge in [0.15, 0.2) is 6.61 Å². The molecule has 0 spiro atoms. The average Bonchev–Trinajstić information content (AvgIpc) is 3.32. The second kappa shape index (κ2) is 11.3. The fourth-order valence-corrected chi connectivity index (χ4v) is 4.24. The Bertz CT molecular complexity index is 1090. The summed E-state index contributed by atoms with van der Waals surface area (Å²) in [6.07, 6.45) is 2.05.